The molecule has 1 aliphatic rings. The molecule has 0 aromatic heterocycles. The molecule has 6 heteroatoms. The lowest BCUT2D eigenvalue weighted by molar-refractivity contribution is -0.128. The highest BCUT2D eigenvalue weighted by Crippen LogP contribution is 2.05. The van der Waals surface area contributed by atoms with E-state index in [9.17, 15) is 9.59 Å². The van der Waals surface area contributed by atoms with Gasteiger partial charge in [0.05, 0.1) is 6.42 Å². The van der Waals surface area contributed by atoms with Gasteiger partial charge in [0, 0.05) is 13.1 Å². The van der Waals surface area contributed by atoms with Gasteiger partial charge in [-0.3, -0.25) is 9.59 Å². The van der Waals surface area contributed by atoms with Crippen molar-refractivity contribution in [3.63, 3.8) is 0 Å². The molecule has 0 radical (unpaired) electrons. The molecule has 25 heavy (non-hydrogen) atoms. The van der Waals surface area contributed by atoms with E-state index in [-0.39, 0.29) is 24.2 Å². The van der Waals surface area contributed by atoms with Crippen LogP contribution in [0.15, 0.2) is 42.0 Å². The van der Waals surface area contributed by atoms with Gasteiger partial charge in [0.2, 0.25) is 11.8 Å². The predicted molar refractivity (Wildman–Crippen MR) is 103 cm³/mol. The zero-order chi connectivity index (χ0) is 17.2. The lowest BCUT2D eigenvalue weighted by Crippen LogP contribution is -2.47. The standard InChI is InChI=1S/C19H27N3O2.ClH/c1-2-6-17(19(24)21-14-16-9-11-20-12-10-16)22-18(23)13-15-7-4-3-5-8-15;/h3-5,7-9,17,20H,2,6,10-14H2,1H3,(H,21,24)(H,22,23);1H. The number of carbonyl (C=O) groups excluding carboxylic acids is 2. The van der Waals surface area contributed by atoms with Gasteiger partial charge in [-0.05, 0) is 24.9 Å². The highest BCUT2D eigenvalue weighted by molar-refractivity contribution is 5.88. The number of amides is 2. The number of carbonyl (C=O) groups is 2. The molecule has 1 heterocycles. The van der Waals surface area contributed by atoms with Crippen LogP contribution in [0.2, 0.25) is 0 Å². The van der Waals surface area contributed by atoms with Gasteiger partial charge in [0.25, 0.3) is 0 Å². The Kier molecular flexibility index (Phi) is 9.88. The summed E-state index contributed by atoms with van der Waals surface area (Å²) < 4.78 is 0. The topological polar surface area (TPSA) is 70.2 Å². The van der Waals surface area contributed by atoms with Crippen molar-refractivity contribution in [2.75, 3.05) is 19.6 Å². The van der Waals surface area contributed by atoms with Crippen LogP contribution in [-0.4, -0.2) is 37.5 Å². The molecule has 0 bridgehead atoms. The summed E-state index contributed by atoms with van der Waals surface area (Å²) in [6, 6.07) is 9.10. The molecule has 0 spiro atoms. The molecule has 0 fully saturated rings. The number of rotatable bonds is 8. The summed E-state index contributed by atoms with van der Waals surface area (Å²) in [6.07, 6.45) is 4.86. The van der Waals surface area contributed by atoms with Crippen molar-refractivity contribution in [2.24, 2.45) is 0 Å². The summed E-state index contributed by atoms with van der Waals surface area (Å²) in [5.41, 5.74) is 2.19. The van der Waals surface area contributed by atoms with Crippen LogP contribution in [0.3, 0.4) is 0 Å². The van der Waals surface area contributed by atoms with Crippen LogP contribution in [-0.2, 0) is 16.0 Å². The van der Waals surface area contributed by atoms with E-state index in [1.165, 1.54) is 5.57 Å². The molecule has 1 aromatic rings. The molecule has 1 atom stereocenters. The SMILES string of the molecule is CCCC(NC(=O)Cc1ccccc1)C(=O)NCC1=CCNCC1.Cl. The van der Waals surface area contributed by atoms with E-state index < -0.39 is 6.04 Å². The maximum Gasteiger partial charge on any atom is 0.242 e. The second-order valence-corrected chi connectivity index (χ2v) is 6.11. The molecule has 1 unspecified atom stereocenters. The smallest absolute Gasteiger partial charge is 0.242 e. The Morgan fingerprint density at radius 3 is 2.64 bits per heavy atom. The second kappa shape index (κ2) is 11.7. The third kappa shape index (κ3) is 7.71. The van der Waals surface area contributed by atoms with Crippen molar-refractivity contribution >= 4 is 24.2 Å². The summed E-state index contributed by atoms with van der Waals surface area (Å²) in [5.74, 6) is -0.214. The average molecular weight is 366 g/mol. The Hall–Kier alpha value is -1.85. The molecule has 1 aliphatic heterocycles. The van der Waals surface area contributed by atoms with E-state index >= 15 is 0 Å². The quantitative estimate of drug-likeness (QED) is 0.617. The zero-order valence-corrected chi connectivity index (χ0v) is 15.5. The molecule has 2 rings (SSSR count). The van der Waals surface area contributed by atoms with E-state index in [0.717, 1.165) is 31.5 Å². The molecular formula is C19H28ClN3O2. The van der Waals surface area contributed by atoms with Crippen LogP contribution in [0.1, 0.15) is 31.7 Å². The first-order chi connectivity index (χ1) is 11.7. The average Bonchev–Trinajstić information content (AvgIpc) is 2.61. The fraction of sp³-hybridized carbons (Fsp3) is 0.474. The minimum Gasteiger partial charge on any atom is -0.351 e. The van der Waals surface area contributed by atoms with Crippen LogP contribution in [0.5, 0.6) is 0 Å². The molecule has 5 nitrogen and oxygen atoms in total. The minimum atomic E-state index is -0.464. The number of halogens is 1. The normalized spacial score (nSPS) is 14.7. The Balaban J connectivity index is 0.00000312. The molecule has 0 aliphatic carbocycles. The molecular weight excluding hydrogens is 338 g/mol. The number of benzene rings is 1. The Morgan fingerprint density at radius 1 is 1.24 bits per heavy atom. The van der Waals surface area contributed by atoms with Crippen molar-refractivity contribution < 1.29 is 9.59 Å². The molecule has 2 amide bonds. The van der Waals surface area contributed by atoms with Crippen molar-refractivity contribution in [3.05, 3.63) is 47.5 Å². The highest BCUT2D eigenvalue weighted by Gasteiger charge is 2.20. The Morgan fingerprint density at radius 2 is 2.00 bits per heavy atom. The largest absolute Gasteiger partial charge is 0.351 e. The van der Waals surface area contributed by atoms with Crippen LogP contribution in [0.25, 0.3) is 0 Å². The van der Waals surface area contributed by atoms with E-state index in [0.29, 0.717) is 19.4 Å². The van der Waals surface area contributed by atoms with Crippen LogP contribution >= 0.6 is 12.4 Å². The Labute approximate surface area is 156 Å². The van der Waals surface area contributed by atoms with E-state index in [4.69, 9.17) is 0 Å². The van der Waals surface area contributed by atoms with Crippen LogP contribution in [0.4, 0.5) is 0 Å². The van der Waals surface area contributed by atoms with E-state index in [2.05, 4.69) is 22.0 Å². The van der Waals surface area contributed by atoms with Crippen molar-refractivity contribution in [3.8, 4) is 0 Å². The third-order valence-electron chi connectivity index (χ3n) is 4.08. The number of nitrogens with one attached hydrogen (secondary N) is 3. The first kappa shape index (κ1) is 21.2. The summed E-state index contributed by atoms with van der Waals surface area (Å²) in [7, 11) is 0. The summed E-state index contributed by atoms with van der Waals surface area (Å²) in [6.45, 7) is 4.39. The van der Waals surface area contributed by atoms with E-state index in [1.54, 1.807) is 0 Å². The van der Waals surface area contributed by atoms with Gasteiger partial charge in [-0.1, -0.05) is 55.3 Å². The van der Waals surface area contributed by atoms with Gasteiger partial charge >= 0.3 is 0 Å². The molecule has 138 valence electrons. The molecule has 1 aromatic carbocycles. The summed E-state index contributed by atoms with van der Waals surface area (Å²) >= 11 is 0. The number of hydrogen-bond acceptors (Lipinski definition) is 3. The molecule has 0 saturated heterocycles. The summed E-state index contributed by atoms with van der Waals surface area (Å²) in [5, 5.41) is 9.08. The van der Waals surface area contributed by atoms with Gasteiger partial charge in [0.15, 0.2) is 0 Å². The van der Waals surface area contributed by atoms with Gasteiger partial charge in [-0.15, -0.1) is 12.4 Å². The van der Waals surface area contributed by atoms with Gasteiger partial charge in [-0.25, -0.2) is 0 Å². The van der Waals surface area contributed by atoms with Crippen LogP contribution in [0, 0.1) is 0 Å². The lowest BCUT2D eigenvalue weighted by Gasteiger charge is -2.20. The summed E-state index contributed by atoms with van der Waals surface area (Å²) in [4.78, 5) is 24.6. The van der Waals surface area contributed by atoms with Gasteiger partial charge < -0.3 is 16.0 Å². The zero-order valence-electron chi connectivity index (χ0n) is 14.7. The maximum absolute atomic E-state index is 12.4. The third-order valence-corrected chi connectivity index (χ3v) is 4.08. The number of hydrogen-bond donors (Lipinski definition) is 3. The van der Waals surface area contributed by atoms with Crippen molar-refractivity contribution in [1.29, 1.82) is 0 Å². The predicted octanol–water partition coefficient (Wildman–Crippen LogP) is 1.97. The van der Waals surface area contributed by atoms with Crippen molar-refractivity contribution in [2.45, 2.75) is 38.6 Å². The van der Waals surface area contributed by atoms with Gasteiger partial charge in [0.1, 0.15) is 6.04 Å². The fourth-order valence-electron chi connectivity index (χ4n) is 2.74. The second-order valence-electron chi connectivity index (χ2n) is 6.11. The fourth-order valence-corrected chi connectivity index (χ4v) is 2.74. The molecule has 3 N–H and O–H groups in total. The van der Waals surface area contributed by atoms with Crippen molar-refractivity contribution in [1.82, 2.24) is 16.0 Å². The van der Waals surface area contributed by atoms with E-state index in [1.807, 2.05) is 37.3 Å². The van der Waals surface area contributed by atoms with Gasteiger partial charge in [-0.2, -0.15) is 0 Å². The monoisotopic (exact) mass is 365 g/mol. The maximum atomic E-state index is 12.4. The highest BCUT2D eigenvalue weighted by atomic mass is 35.5. The Bertz CT molecular complexity index is 575. The lowest BCUT2D eigenvalue weighted by atomic mass is 10.1. The first-order valence-corrected chi connectivity index (χ1v) is 8.68. The molecule has 0 saturated carbocycles. The minimum absolute atomic E-state index is 0. The van der Waals surface area contributed by atoms with Crippen LogP contribution < -0.4 is 16.0 Å². The first-order valence-electron chi connectivity index (χ1n) is 8.68.